The van der Waals surface area contributed by atoms with Crippen molar-refractivity contribution < 1.29 is 13.6 Å². The Morgan fingerprint density at radius 2 is 1.64 bits per heavy atom. The molecule has 3 unspecified atom stereocenters. The average molecular weight is 607 g/mol. The minimum atomic E-state index is -2.46. The van der Waals surface area contributed by atoms with Gasteiger partial charge in [-0.2, -0.15) is 0 Å². The molecule has 1 saturated heterocycles. The highest BCUT2D eigenvalue weighted by Crippen LogP contribution is 2.60. The van der Waals surface area contributed by atoms with Gasteiger partial charge in [0.15, 0.2) is 0 Å². The van der Waals surface area contributed by atoms with Crippen molar-refractivity contribution >= 4 is 28.9 Å². The molecule has 7 aliphatic rings. The van der Waals surface area contributed by atoms with Crippen LogP contribution in [0.3, 0.4) is 0 Å². The van der Waals surface area contributed by atoms with Gasteiger partial charge in [-0.15, -0.1) is 0 Å². The van der Waals surface area contributed by atoms with Gasteiger partial charge in [0.2, 0.25) is 0 Å². The van der Waals surface area contributed by atoms with Crippen LogP contribution in [0.5, 0.6) is 0 Å². The number of hydrogen-bond acceptors (Lipinski definition) is 7. The summed E-state index contributed by atoms with van der Waals surface area (Å²) < 4.78 is 26.7. The fraction of sp³-hybridized carbons (Fsp3) is 0.636. The lowest BCUT2D eigenvalue weighted by Gasteiger charge is -2.61. The molecule has 1 aromatic carbocycles. The Bertz CT molecular complexity index is 1380. The molecule has 2 aromatic rings. The maximum atomic E-state index is 13.8. The van der Waals surface area contributed by atoms with E-state index >= 15 is 0 Å². The number of piperazine rings is 1. The van der Waals surface area contributed by atoms with Crippen LogP contribution in [-0.4, -0.2) is 79.9 Å². The Labute approximate surface area is 257 Å². The van der Waals surface area contributed by atoms with Crippen molar-refractivity contribution in [1.82, 2.24) is 15.2 Å². The number of carbonyl (C=O) groups is 1. The second kappa shape index (κ2) is 10.5. The Kier molecular flexibility index (Phi) is 6.80. The quantitative estimate of drug-likeness (QED) is 0.428. The van der Waals surface area contributed by atoms with Gasteiger partial charge in [0.25, 0.3) is 5.92 Å². The molecule has 4 bridgehead atoms. The third kappa shape index (κ3) is 4.91. The summed E-state index contributed by atoms with van der Waals surface area (Å²) in [6.45, 7) is 4.89. The molecule has 9 nitrogen and oxygen atoms in total. The second-order valence-electron chi connectivity index (χ2n) is 14.4. The SMILES string of the molecule is NC(N)C12CC3CC(C1)C(NC(=O)N1CCN(c4ccc(N5CCN(CC6CC6(F)F)CC5)cn4)c4ccccc41)C(C3)C2. The first-order chi connectivity index (χ1) is 21.2. The topological polar surface area (TPSA) is 107 Å². The average Bonchev–Trinajstić information content (AvgIpc) is 3.63. The maximum absolute atomic E-state index is 13.8. The number of aromatic nitrogens is 1. The van der Waals surface area contributed by atoms with Crippen LogP contribution in [0.25, 0.3) is 0 Å². The molecule has 5 aliphatic carbocycles. The maximum Gasteiger partial charge on any atom is 0.322 e. The molecule has 3 atom stereocenters. The lowest BCUT2D eigenvalue weighted by atomic mass is 9.47. The van der Waals surface area contributed by atoms with E-state index in [4.69, 9.17) is 16.5 Å². The number of fused-ring (bicyclic) bond motifs is 1. The molecule has 9 rings (SSSR count). The van der Waals surface area contributed by atoms with Crippen LogP contribution in [-0.2, 0) is 0 Å². The van der Waals surface area contributed by atoms with Crippen molar-refractivity contribution in [2.75, 3.05) is 60.5 Å². The van der Waals surface area contributed by atoms with E-state index < -0.39 is 11.8 Å². The van der Waals surface area contributed by atoms with Crippen LogP contribution in [0.15, 0.2) is 42.6 Å². The first-order valence-electron chi connectivity index (χ1n) is 16.5. The highest BCUT2D eigenvalue weighted by molar-refractivity contribution is 5.98. The van der Waals surface area contributed by atoms with E-state index in [2.05, 4.69) is 32.1 Å². The summed E-state index contributed by atoms with van der Waals surface area (Å²) in [5, 5.41) is 3.47. The third-order valence-corrected chi connectivity index (χ3v) is 11.8. The predicted molar refractivity (Wildman–Crippen MR) is 167 cm³/mol. The van der Waals surface area contributed by atoms with Crippen LogP contribution < -0.4 is 31.5 Å². The van der Waals surface area contributed by atoms with Crippen molar-refractivity contribution in [3.63, 3.8) is 0 Å². The minimum absolute atomic E-state index is 0.0199. The largest absolute Gasteiger partial charge is 0.368 e. The molecule has 2 aliphatic heterocycles. The van der Waals surface area contributed by atoms with E-state index in [1.165, 1.54) is 0 Å². The summed E-state index contributed by atoms with van der Waals surface area (Å²) in [4.78, 5) is 27.2. The summed E-state index contributed by atoms with van der Waals surface area (Å²) in [7, 11) is 0. The molecular formula is C33H44F2N8O. The van der Waals surface area contributed by atoms with Gasteiger partial charge in [-0.25, -0.2) is 18.6 Å². The third-order valence-electron chi connectivity index (χ3n) is 11.8. The molecule has 5 N–H and O–H groups in total. The lowest BCUT2D eigenvalue weighted by Crippen LogP contribution is -2.65. The number of anilines is 4. The van der Waals surface area contributed by atoms with Crippen molar-refractivity contribution in [1.29, 1.82) is 0 Å². The number of urea groups is 1. The Morgan fingerprint density at radius 1 is 0.932 bits per heavy atom. The van der Waals surface area contributed by atoms with Crippen molar-refractivity contribution in [3.8, 4) is 0 Å². The molecule has 0 radical (unpaired) electrons. The number of para-hydroxylation sites is 2. The number of nitrogens with zero attached hydrogens (tertiary/aromatic N) is 5. The zero-order valence-corrected chi connectivity index (χ0v) is 25.3. The van der Waals surface area contributed by atoms with Gasteiger partial charge < -0.3 is 26.6 Å². The minimum Gasteiger partial charge on any atom is -0.368 e. The Morgan fingerprint density at radius 3 is 2.27 bits per heavy atom. The van der Waals surface area contributed by atoms with E-state index in [-0.39, 0.29) is 30.1 Å². The number of alkyl halides is 2. The van der Waals surface area contributed by atoms with Gasteiger partial charge in [0.1, 0.15) is 5.82 Å². The molecular weight excluding hydrogens is 562 g/mol. The second-order valence-corrected chi connectivity index (χ2v) is 14.4. The number of amides is 2. The van der Waals surface area contributed by atoms with E-state index in [0.717, 1.165) is 81.2 Å². The number of halogens is 2. The van der Waals surface area contributed by atoms with Gasteiger partial charge in [0.05, 0.1) is 29.4 Å². The predicted octanol–water partition coefficient (Wildman–Crippen LogP) is 3.96. The van der Waals surface area contributed by atoms with Crippen LogP contribution in [0.1, 0.15) is 38.5 Å². The summed E-state index contributed by atoms with van der Waals surface area (Å²) in [5.41, 5.74) is 15.5. The Balaban J connectivity index is 0.924. The first kappa shape index (κ1) is 28.5. The van der Waals surface area contributed by atoms with E-state index in [0.29, 0.717) is 37.4 Å². The molecule has 2 amide bonds. The normalized spacial score (nSPS) is 33.9. The van der Waals surface area contributed by atoms with Gasteiger partial charge in [-0.05, 0) is 79.5 Å². The van der Waals surface area contributed by atoms with Gasteiger partial charge in [-0.3, -0.25) is 9.80 Å². The molecule has 5 saturated carbocycles. The highest BCUT2D eigenvalue weighted by atomic mass is 19.3. The smallest absolute Gasteiger partial charge is 0.322 e. The number of hydrogen-bond donors (Lipinski definition) is 3. The van der Waals surface area contributed by atoms with Gasteiger partial charge in [-0.1, -0.05) is 12.1 Å². The van der Waals surface area contributed by atoms with E-state index in [1.54, 1.807) is 0 Å². The molecule has 3 heterocycles. The highest BCUT2D eigenvalue weighted by Gasteiger charge is 2.58. The molecule has 236 valence electrons. The van der Waals surface area contributed by atoms with Crippen LogP contribution >= 0.6 is 0 Å². The number of nitrogens with one attached hydrogen (secondary N) is 1. The van der Waals surface area contributed by atoms with Crippen molar-refractivity contribution in [3.05, 3.63) is 42.6 Å². The van der Waals surface area contributed by atoms with E-state index in [9.17, 15) is 13.6 Å². The van der Waals surface area contributed by atoms with Gasteiger partial charge >= 0.3 is 6.03 Å². The molecule has 11 heteroatoms. The van der Waals surface area contributed by atoms with Crippen molar-refractivity contribution in [2.45, 2.75) is 56.7 Å². The standard InChI is InChI=1S/C33H44F2N8O/c34-33(35)18-24(33)20-40-7-9-41(10-8-40)25-5-6-28(38-19-25)42-11-12-43(27-4-2-1-3-26(27)42)31(44)39-29-22-13-21-14-23(29)17-32(15-21,16-22)30(36)37/h1-6,19,21-24,29-30H,7-18,20,36-37H2,(H,39,44). The summed E-state index contributed by atoms with van der Waals surface area (Å²) in [6, 6.07) is 12.4. The molecule has 44 heavy (non-hydrogen) atoms. The molecule has 0 spiro atoms. The number of carbonyl (C=O) groups excluding carboxylic acids is 1. The fourth-order valence-electron chi connectivity index (χ4n) is 9.46. The van der Waals surface area contributed by atoms with Crippen LogP contribution in [0, 0.1) is 29.1 Å². The zero-order chi connectivity index (χ0) is 30.2. The van der Waals surface area contributed by atoms with E-state index in [1.807, 2.05) is 35.4 Å². The fourth-order valence-corrected chi connectivity index (χ4v) is 9.46. The van der Waals surface area contributed by atoms with Crippen LogP contribution in [0.4, 0.5) is 36.5 Å². The zero-order valence-electron chi connectivity index (χ0n) is 25.3. The first-order valence-corrected chi connectivity index (χ1v) is 16.5. The summed E-state index contributed by atoms with van der Waals surface area (Å²) in [6.07, 6.45) is 7.17. The number of pyridine rings is 1. The summed E-state index contributed by atoms with van der Waals surface area (Å²) in [5.74, 6) is -0.491. The summed E-state index contributed by atoms with van der Waals surface area (Å²) >= 11 is 0. The number of nitrogens with two attached hydrogens (primary N) is 2. The van der Waals surface area contributed by atoms with Gasteiger partial charge in [0, 0.05) is 64.2 Å². The number of benzene rings is 1. The molecule has 1 aromatic heterocycles. The van der Waals surface area contributed by atoms with Crippen LogP contribution in [0.2, 0.25) is 0 Å². The van der Waals surface area contributed by atoms with Crippen molar-refractivity contribution in [2.24, 2.45) is 40.6 Å². The monoisotopic (exact) mass is 606 g/mol. The lowest BCUT2D eigenvalue weighted by molar-refractivity contribution is -0.0846. The molecule has 6 fully saturated rings. The number of rotatable bonds is 6. The Hall–Kier alpha value is -3.02.